The number of hydrogen-bond acceptors (Lipinski definition) is 5. The molecule has 1 aliphatic carbocycles. The molecule has 1 fully saturated rings. The van der Waals surface area contributed by atoms with Crippen molar-refractivity contribution in [3.05, 3.63) is 53.0 Å². The van der Waals surface area contributed by atoms with Crippen LogP contribution in [0.2, 0.25) is 0 Å². The van der Waals surface area contributed by atoms with E-state index in [0.717, 1.165) is 18.4 Å². The Kier molecular flexibility index (Phi) is 4.81. The SMILES string of the molecule is Cc1nc(C)c(C#N)c(S[C@@H](C(=O)NC2CC2)c2ccccc2)n1. The summed E-state index contributed by atoms with van der Waals surface area (Å²) in [6.07, 6.45) is 2.07. The van der Waals surface area contributed by atoms with E-state index >= 15 is 0 Å². The first kappa shape index (κ1) is 16.5. The molecule has 1 aromatic carbocycles. The molecule has 122 valence electrons. The topological polar surface area (TPSA) is 78.7 Å². The van der Waals surface area contributed by atoms with Gasteiger partial charge in [-0.25, -0.2) is 9.97 Å². The van der Waals surface area contributed by atoms with Crippen molar-refractivity contribution in [3.63, 3.8) is 0 Å². The summed E-state index contributed by atoms with van der Waals surface area (Å²) in [5, 5.41) is 12.6. The van der Waals surface area contributed by atoms with Gasteiger partial charge in [0.1, 0.15) is 27.7 Å². The molecule has 1 aliphatic rings. The van der Waals surface area contributed by atoms with Crippen LogP contribution in [0.3, 0.4) is 0 Å². The molecule has 5 nitrogen and oxygen atoms in total. The number of carbonyl (C=O) groups excluding carboxylic acids is 1. The number of amides is 1. The molecule has 1 heterocycles. The summed E-state index contributed by atoms with van der Waals surface area (Å²) < 4.78 is 0. The number of aromatic nitrogens is 2. The largest absolute Gasteiger partial charge is 0.352 e. The van der Waals surface area contributed by atoms with Crippen molar-refractivity contribution in [2.45, 2.75) is 43.0 Å². The first-order valence-corrected chi connectivity index (χ1v) is 8.73. The Hall–Kier alpha value is -2.39. The molecule has 0 spiro atoms. The average molecular weight is 338 g/mol. The predicted molar refractivity (Wildman–Crippen MR) is 92.4 cm³/mol. The molecule has 3 rings (SSSR count). The first-order valence-electron chi connectivity index (χ1n) is 7.86. The Labute approximate surface area is 145 Å². The van der Waals surface area contributed by atoms with Crippen LogP contribution < -0.4 is 5.32 Å². The van der Waals surface area contributed by atoms with Crippen LogP contribution in [0.25, 0.3) is 0 Å². The molecule has 2 aromatic rings. The molecule has 1 amide bonds. The minimum Gasteiger partial charge on any atom is -0.352 e. The van der Waals surface area contributed by atoms with E-state index in [9.17, 15) is 10.1 Å². The molecule has 0 bridgehead atoms. The number of benzene rings is 1. The van der Waals surface area contributed by atoms with Crippen LogP contribution in [-0.2, 0) is 4.79 Å². The Morgan fingerprint density at radius 3 is 2.62 bits per heavy atom. The number of aryl methyl sites for hydroxylation is 2. The van der Waals surface area contributed by atoms with Gasteiger partial charge < -0.3 is 5.32 Å². The maximum atomic E-state index is 12.7. The van der Waals surface area contributed by atoms with Crippen molar-refractivity contribution in [1.82, 2.24) is 15.3 Å². The molecule has 24 heavy (non-hydrogen) atoms. The van der Waals surface area contributed by atoms with Crippen LogP contribution in [0.15, 0.2) is 35.4 Å². The number of rotatable bonds is 5. The van der Waals surface area contributed by atoms with Gasteiger partial charge in [-0.15, -0.1) is 0 Å². The minimum absolute atomic E-state index is 0.0356. The van der Waals surface area contributed by atoms with E-state index in [1.54, 1.807) is 13.8 Å². The molecule has 1 saturated carbocycles. The van der Waals surface area contributed by atoms with Crippen molar-refractivity contribution in [1.29, 1.82) is 5.26 Å². The van der Waals surface area contributed by atoms with Crippen LogP contribution in [0.1, 0.15) is 40.7 Å². The molecular formula is C18H18N4OS. The standard InChI is InChI=1S/C18H18N4OS/c1-11-15(10-19)18(21-12(2)20-11)24-16(13-6-4-3-5-7-13)17(23)22-14-8-9-14/h3-7,14,16H,8-9H2,1-2H3,(H,22,23)/t16-/m1/s1. The van der Waals surface area contributed by atoms with E-state index in [0.29, 0.717) is 22.1 Å². The maximum absolute atomic E-state index is 12.7. The zero-order valence-corrected chi connectivity index (χ0v) is 14.4. The van der Waals surface area contributed by atoms with Gasteiger partial charge in [0, 0.05) is 6.04 Å². The average Bonchev–Trinajstić information content (AvgIpc) is 3.37. The molecule has 0 radical (unpaired) electrons. The molecule has 6 heteroatoms. The zero-order valence-electron chi connectivity index (χ0n) is 13.6. The molecule has 1 aromatic heterocycles. The number of nitriles is 1. The fraction of sp³-hybridized carbons (Fsp3) is 0.333. The smallest absolute Gasteiger partial charge is 0.238 e. The summed E-state index contributed by atoms with van der Waals surface area (Å²) in [6, 6.07) is 12.0. The van der Waals surface area contributed by atoms with Crippen molar-refractivity contribution < 1.29 is 4.79 Å². The van der Waals surface area contributed by atoms with Crippen molar-refractivity contribution in [2.75, 3.05) is 0 Å². The van der Waals surface area contributed by atoms with Crippen LogP contribution in [-0.4, -0.2) is 21.9 Å². The summed E-state index contributed by atoms with van der Waals surface area (Å²) >= 11 is 1.31. The number of nitrogens with one attached hydrogen (secondary N) is 1. The van der Waals surface area contributed by atoms with Crippen molar-refractivity contribution in [3.8, 4) is 6.07 Å². The highest BCUT2D eigenvalue weighted by molar-refractivity contribution is 8.00. The summed E-state index contributed by atoms with van der Waals surface area (Å²) in [4.78, 5) is 21.3. The highest BCUT2D eigenvalue weighted by Gasteiger charge is 2.30. The third-order valence-corrected chi connectivity index (χ3v) is 5.01. The lowest BCUT2D eigenvalue weighted by Gasteiger charge is -2.17. The van der Waals surface area contributed by atoms with Crippen LogP contribution >= 0.6 is 11.8 Å². The van der Waals surface area contributed by atoms with E-state index in [1.165, 1.54) is 11.8 Å². The molecule has 1 N–H and O–H groups in total. The van der Waals surface area contributed by atoms with E-state index < -0.39 is 5.25 Å². The van der Waals surface area contributed by atoms with Crippen LogP contribution in [0.4, 0.5) is 0 Å². The second-order valence-corrected chi connectivity index (χ2v) is 6.93. The van der Waals surface area contributed by atoms with Crippen molar-refractivity contribution >= 4 is 17.7 Å². The van der Waals surface area contributed by atoms with Gasteiger partial charge in [-0.2, -0.15) is 5.26 Å². The lowest BCUT2D eigenvalue weighted by molar-refractivity contribution is -0.120. The van der Waals surface area contributed by atoms with E-state index in [2.05, 4.69) is 21.4 Å². The van der Waals surface area contributed by atoms with Crippen LogP contribution in [0.5, 0.6) is 0 Å². The summed E-state index contributed by atoms with van der Waals surface area (Å²) in [7, 11) is 0. The normalized spacial score (nSPS) is 14.7. The van der Waals surface area contributed by atoms with Gasteiger partial charge in [0.25, 0.3) is 0 Å². The Morgan fingerprint density at radius 2 is 2.00 bits per heavy atom. The van der Waals surface area contributed by atoms with Gasteiger partial charge in [0.05, 0.1) is 5.69 Å². The van der Waals surface area contributed by atoms with E-state index in [4.69, 9.17) is 0 Å². The second kappa shape index (κ2) is 7.02. The third-order valence-electron chi connectivity index (χ3n) is 3.77. The quantitative estimate of drug-likeness (QED) is 0.669. The minimum atomic E-state index is -0.437. The van der Waals surface area contributed by atoms with Gasteiger partial charge in [0.15, 0.2) is 0 Å². The van der Waals surface area contributed by atoms with Gasteiger partial charge in [-0.1, -0.05) is 42.1 Å². The van der Waals surface area contributed by atoms with Crippen LogP contribution in [0, 0.1) is 25.2 Å². The van der Waals surface area contributed by atoms with Gasteiger partial charge in [0.2, 0.25) is 5.91 Å². The van der Waals surface area contributed by atoms with Crippen molar-refractivity contribution in [2.24, 2.45) is 0 Å². The summed E-state index contributed by atoms with van der Waals surface area (Å²) in [6.45, 7) is 3.58. The zero-order chi connectivity index (χ0) is 17.1. The number of hydrogen-bond donors (Lipinski definition) is 1. The number of thioether (sulfide) groups is 1. The molecule has 1 atom stereocenters. The Bertz CT molecular complexity index is 797. The maximum Gasteiger partial charge on any atom is 0.238 e. The summed E-state index contributed by atoms with van der Waals surface area (Å²) in [5.41, 5.74) is 1.98. The molecular weight excluding hydrogens is 320 g/mol. The molecule has 0 aliphatic heterocycles. The lowest BCUT2D eigenvalue weighted by Crippen LogP contribution is -2.29. The van der Waals surface area contributed by atoms with Gasteiger partial charge in [-0.3, -0.25) is 4.79 Å². The fourth-order valence-electron chi connectivity index (χ4n) is 2.41. The van der Waals surface area contributed by atoms with E-state index in [1.807, 2.05) is 30.3 Å². The molecule has 0 saturated heterocycles. The molecule has 0 unspecified atom stereocenters. The summed E-state index contributed by atoms with van der Waals surface area (Å²) in [5.74, 6) is 0.565. The van der Waals surface area contributed by atoms with Gasteiger partial charge in [-0.05, 0) is 32.3 Å². The highest BCUT2D eigenvalue weighted by atomic mass is 32.2. The lowest BCUT2D eigenvalue weighted by atomic mass is 10.1. The number of carbonyl (C=O) groups is 1. The first-order chi connectivity index (χ1) is 11.6. The second-order valence-electron chi connectivity index (χ2n) is 5.84. The number of nitrogens with zero attached hydrogens (tertiary/aromatic N) is 3. The predicted octanol–water partition coefficient (Wildman–Crippen LogP) is 3.08. The van der Waals surface area contributed by atoms with Gasteiger partial charge >= 0.3 is 0 Å². The Morgan fingerprint density at radius 1 is 1.29 bits per heavy atom. The Balaban J connectivity index is 1.95. The third kappa shape index (κ3) is 3.74. The highest BCUT2D eigenvalue weighted by Crippen LogP contribution is 2.37. The monoisotopic (exact) mass is 338 g/mol. The van der Waals surface area contributed by atoms with E-state index in [-0.39, 0.29) is 11.9 Å². The fourth-order valence-corrected chi connectivity index (χ4v) is 3.60.